The number of hydrogen-bond acceptors (Lipinski definition) is 2. The highest BCUT2D eigenvalue weighted by Gasteiger charge is 2.13. The second-order valence-corrected chi connectivity index (χ2v) is 4.94. The molecule has 0 N–H and O–H groups in total. The third-order valence-electron chi connectivity index (χ3n) is 3.54. The zero-order valence-electron chi connectivity index (χ0n) is 11.4. The van der Waals surface area contributed by atoms with Gasteiger partial charge in [-0.1, -0.05) is 36.4 Å². The normalized spacial score (nSPS) is 11.0. The lowest BCUT2D eigenvalue weighted by Gasteiger charge is -2.06. The number of nitrogens with zero attached hydrogens (tertiary/aromatic N) is 4. The lowest BCUT2D eigenvalue weighted by Crippen LogP contribution is -1.99. The summed E-state index contributed by atoms with van der Waals surface area (Å²) in [6, 6.07) is 16.4. The minimum Gasteiger partial charge on any atom is -0.331 e. The summed E-state index contributed by atoms with van der Waals surface area (Å²) < 4.78 is 4.18. The molecule has 0 aliphatic carbocycles. The molecule has 3 aromatic heterocycles. The van der Waals surface area contributed by atoms with E-state index < -0.39 is 0 Å². The second kappa shape index (κ2) is 4.90. The molecule has 0 unspecified atom stereocenters. The van der Waals surface area contributed by atoms with Gasteiger partial charge in [0.1, 0.15) is 5.65 Å². The van der Waals surface area contributed by atoms with Crippen LogP contribution in [0.2, 0.25) is 0 Å². The molecule has 21 heavy (non-hydrogen) atoms. The molecule has 4 heteroatoms. The van der Waals surface area contributed by atoms with Gasteiger partial charge in [-0.2, -0.15) is 0 Å². The molecular formula is C17H14N4. The van der Waals surface area contributed by atoms with Crippen LogP contribution in [-0.2, 0) is 6.54 Å². The van der Waals surface area contributed by atoms with Gasteiger partial charge >= 0.3 is 0 Å². The third kappa shape index (κ3) is 2.10. The van der Waals surface area contributed by atoms with E-state index in [2.05, 4.69) is 39.8 Å². The van der Waals surface area contributed by atoms with Gasteiger partial charge in [0.25, 0.3) is 0 Å². The van der Waals surface area contributed by atoms with E-state index in [1.165, 1.54) is 5.56 Å². The average Bonchev–Trinajstić information content (AvgIpc) is 3.15. The summed E-state index contributed by atoms with van der Waals surface area (Å²) in [6.45, 7) is 0.714. The summed E-state index contributed by atoms with van der Waals surface area (Å²) in [5, 5.41) is 0. The molecule has 4 rings (SSSR count). The Morgan fingerprint density at radius 3 is 2.57 bits per heavy atom. The molecule has 102 valence electrons. The van der Waals surface area contributed by atoms with Crippen LogP contribution in [0.3, 0.4) is 0 Å². The van der Waals surface area contributed by atoms with Gasteiger partial charge < -0.3 is 4.57 Å². The number of pyridine rings is 1. The van der Waals surface area contributed by atoms with Crippen molar-refractivity contribution in [1.29, 1.82) is 0 Å². The van der Waals surface area contributed by atoms with Crippen molar-refractivity contribution >= 4 is 5.65 Å². The Kier molecular flexibility index (Phi) is 2.78. The van der Waals surface area contributed by atoms with Crippen LogP contribution in [0.1, 0.15) is 5.69 Å². The summed E-state index contributed by atoms with van der Waals surface area (Å²) in [4.78, 5) is 8.88. The molecule has 0 saturated heterocycles. The fraction of sp³-hybridized carbons (Fsp3) is 0.0588. The molecule has 1 aromatic carbocycles. The molecule has 4 aromatic rings. The van der Waals surface area contributed by atoms with Gasteiger partial charge in [-0.15, -0.1) is 0 Å². The van der Waals surface area contributed by atoms with Crippen LogP contribution in [0.15, 0.2) is 73.4 Å². The molecule has 3 heterocycles. The molecule has 0 amide bonds. The predicted octanol–water partition coefficient (Wildman–Crippen LogP) is 3.25. The second-order valence-electron chi connectivity index (χ2n) is 4.94. The van der Waals surface area contributed by atoms with Crippen molar-refractivity contribution in [1.82, 2.24) is 18.9 Å². The fourth-order valence-corrected chi connectivity index (χ4v) is 2.61. The number of imidazole rings is 2. The molecule has 0 bridgehead atoms. The summed E-state index contributed by atoms with van der Waals surface area (Å²) in [6.07, 6.45) is 7.62. The van der Waals surface area contributed by atoms with Crippen molar-refractivity contribution in [2.45, 2.75) is 6.54 Å². The summed E-state index contributed by atoms with van der Waals surface area (Å²) in [5.41, 5.74) is 4.32. The molecule has 0 aliphatic rings. The number of fused-ring (bicyclic) bond motifs is 1. The maximum Gasteiger partial charge on any atom is 0.137 e. The number of aromatic nitrogens is 4. The first-order chi connectivity index (χ1) is 10.4. The zero-order chi connectivity index (χ0) is 14.1. The molecule has 0 saturated carbocycles. The Morgan fingerprint density at radius 1 is 0.905 bits per heavy atom. The van der Waals surface area contributed by atoms with E-state index in [4.69, 9.17) is 4.98 Å². The monoisotopic (exact) mass is 274 g/mol. The molecular weight excluding hydrogens is 260 g/mol. The first-order valence-electron chi connectivity index (χ1n) is 6.89. The van der Waals surface area contributed by atoms with Gasteiger partial charge in [0, 0.05) is 24.2 Å². The Hall–Kier alpha value is -2.88. The Labute approximate surface area is 122 Å². The highest BCUT2D eigenvalue weighted by molar-refractivity contribution is 5.67. The van der Waals surface area contributed by atoms with Gasteiger partial charge in [-0.3, -0.25) is 4.40 Å². The molecule has 0 radical (unpaired) electrons. The van der Waals surface area contributed by atoms with E-state index >= 15 is 0 Å². The van der Waals surface area contributed by atoms with Crippen molar-refractivity contribution in [3.8, 4) is 11.3 Å². The molecule has 4 nitrogen and oxygen atoms in total. The summed E-state index contributed by atoms with van der Waals surface area (Å²) in [7, 11) is 0. The van der Waals surface area contributed by atoms with Crippen molar-refractivity contribution in [2.24, 2.45) is 0 Å². The molecule has 0 fully saturated rings. The smallest absolute Gasteiger partial charge is 0.137 e. The summed E-state index contributed by atoms with van der Waals surface area (Å²) >= 11 is 0. The van der Waals surface area contributed by atoms with Gasteiger partial charge in [0.15, 0.2) is 0 Å². The number of hydrogen-bond donors (Lipinski definition) is 0. The van der Waals surface area contributed by atoms with Crippen LogP contribution in [0, 0.1) is 0 Å². The maximum absolute atomic E-state index is 4.78. The molecule has 0 atom stereocenters. The van der Waals surface area contributed by atoms with E-state index in [-0.39, 0.29) is 0 Å². The lowest BCUT2D eigenvalue weighted by molar-refractivity contribution is 0.781. The first kappa shape index (κ1) is 11.9. The van der Waals surface area contributed by atoms with Gasteiger partial charge in [-0.05, 0) is 12.1 Å². The van der Waals surface area contributed by atoms with Gasteiger partial charge in [0.2, 0.25) is 0 Å². The van der Waals surface area contributed by atoms with Crippen molar-refractivity contribution in [3.63, 3.8) is 0 Å². The minimum atomic E-state index is 0.714. The SMILES string of the molecule is c1ccc(-c2c(Cn3ccnc3)nc3ccccn23)cc1. The Balaban J connectivity index is 1.93. The van der Waals surface area contributed by atoms with E-state index in [0.717, 1.165) is 17.0 Å². The van der Waals surface area contributed by atoms with Gasteiger partial charge in [-0.25, -0.2) is 9.97 Å². The Bertz CT molecular complexity index is 860. The first-order valence-corrected chi connectivity index (χ1v) is 6.89. The largest absolute Gasteiger partial charge is 0.331 e. The van der Waals surface area contributed by atoms with Gasteiger partial charge in [0.05, 0.1) is 24.3 Å². The highest BCUT2D eigenvalue weighted by atomic mass is 15.1. The van der Waals surface area contributed by atoms with Crippen LogP contribution in [0.5, 0.6) is 0 Å². The average molecular weight is 274 g/mol. The highest BCUT2D eigenvalue weighted by Crippen LogP contribution is 2.25. The zero-order valence-corrected chi connectivity index (χ0v) is 11.4. The standard InChI is InChI=1S/C17H14N4/c1-2-6-14(7-3-1)17-15(12-20-11-9-18-13-20)19-16-8-4-5-10-21(16)17/h1-11,13H,12H2. The quantitative estimate of drug-likeness (QED) is 0.575. The van der Waals surface area contributed by atoms with Crippen molar-refractivity contribution < 1.29 is 0 Å². The predicted molar refractivity (Wildman–Crippen MR) is 82.0 cm³/mol. The van der Waals surface area contributed by atoms with Crippen molar-refractivity contribution in [3.05, 3.63) is 79.1 Å². The summed E-state index contributed by atoms with van der Waals surface area (Å²) in [5.74, 6) is 0. The van der Waals surface area contributed by atoms with Crippen LogP contribution in [0.25, 0.3) is 16.9 Å². The van der Waals surface area contributed by atoms with E-state index in [0.29, 0.717) is 6.54 Å². The van der Waals surface area contributed by atoms with Crippen LogP contribution < -0.4 is 0 Å². The Morgan fingerprint density at radius 2 is 1.76 bits per heavy atom. The number of rotatable bonds is 3. The molecule has 0 spiro atoms. The van der Waals surface area contributed by atoms with E-state index in [1.807, 2.05) is 41.4 Å². The topological polar surface area (TPSA) is 35.1 Å². The van der Waals surface area contributed by atoms with Crippen LogP contribution >= 0.6 is 0 Å². The van der Waals surface area contributed by atoms with Crippen molar-refractivity contribution in [2.75, 3.05) is 0 Å². The fourth-order valence-electron chi connectivity index (χ4n) is 2.61. The van der Waals surface area contributed by atoms with E-state index in [9.17, 15) is 0 Å². The van der Waals surface area contributed by atoms with E-state index in [1.54, 1.807) is 6.20 Å². The van der Waals surface area contributed by atoms with Crippen LogP contribution in [0.4, 0.5) is 0 Å². The van der Waals surface area contributed by atoms with Crippen LogP contribution in [-0.4, -0.2) is 18.9 Å². The number of benzene rings is 1. The lowest BCUT2D eigenvalue weighted by atomic mass is 10.1. The minimum absolute atomic E-state index is 0.714. The molecule has 0 aliphatic heterocycles. The maximum atomic E-state index is 4.78. The third-order valence-corrected chi connectivity index (χ3v) is 3.54.